The van der Waals surface area contributed by atoms with Crippen LogP contribution in [-0.4, -0.2) is 5.97 Å². The molecule has 1 aliphatic carbocycles. The Morgan fingerprint density at radius 2 is 1.55 bits per heavy atom. The molecule has 1 aliphatic rings. The van der Waals surface area contributed by atoms with Crippen molar-refractivity contribution in [3.05, 3.63) is 83.1 Å². The van der Waals surface area contributed by atoms with E-state index in [1.54, 1.807) is 12.1 Å². The van der Waals surface area contributed by atoms with Gasteiger partial charge in [0, 0.05) is 5.92 Å². The number of allylic oxidation sites excluding steroid dienone is 2. The van der Waals surface area contributed by atoms with Gasteiger partial charge in [-0.15, -0.1) is 0 Å². The zero-order valence-corrected chi connectivity index (χ0v) is 13.0. The smallest absolute Gasteiger partial charge is 0.343 e. The zero-order valence-electron chi connectivity index (χ0n) is 13.0. The Kier molecular flexibility index (Phi) is 4.10. The molecule has 1 saturated carbocycles. The molecule has 3 rings (SSSR count). The highest BCUT2D eigenvalue weighted by atomic mass is 16.5. The van der Waals surface area contributed by atoms with Gasteiger partial charge in [0.15, 0.2) is 0 Å². The number of ether oxygens (including phenoxy) is 1. The van der Waals surface area contributed by atoms with Gasteiger partial charge in [-0.3, -0.25) is 0 Å². The van der Waals surface area contributed by atoms with E-state index in [0.717, 1.165) is 17.8 Å². The van der Waals surface area contributed by atoms with E-state index < -0.39 is 0 Å². The van der Waals surface area contributed by atoms with E-state index in [1.807, 2.05) is 38.1 Å². The van der Waals surface area contributed by atoms with Gasteiger partial charge in [0.1, 0.15) is 5.76 Å². The number of hydrogen-bond acceptors (Lipinski definition) is 2. The van der Waals surface area contributed by atoms with Gasteiger partial charge in [-0.2, -0.15) is 0 Å². The van der Waals surface area contributed by atoms with E-state index in [4.69, 9.17) is 4.74 Å². The van der Waals surface area contributed by atoms with Crippen LogP contribution in [0.3, 0.4) is 0 Å². The van der Waals surface area contributed by atoms with Crippen molar-refractivity contribution < 1.29 is 9.53 Å². The number of carbonyl (C=O) groups excluding carboxylic acids is 1. The molecule has 2 heteroatoms. The lowest BCUT2D eigenvalue weighted by Gasteiger charge is -2.11. The first-order valence-corrected chi connectivity index (χ1v) is 7.66. The predicted octanol–water partition coefficient (Wildman–Crippen LogP) is 4.94. The Hall–Kier alpha value is -2.35. The molecule has 0 saturated heterocycles. The van der Waals surface area contributed by atoms with Crippen LogP contribution in [0.1, 0.15) is 42.1 Å². The lowest BCUT2D eigenvalue weighted by molar-refractivity contribution is 0.0602. The summed E-state index contributed by atoms with van der Waals surface area (Å²) in [6.07, 6.45) is 1.05. The highest BCUT2D eigenvalue weighted by Gasteiger charge is 2.43. The minimum absolute atomic E-state index is 0.268. The van der Waals surface area contributed by atoms with Gasteiger partial charge in [-0.1, -0.05) is 48.5 Å². The summed E-state index contributed by atoms with van der Waals surface area (Å²) in [4.78, 5) is 12.3. The van der Waals surface area contributed by atoms with Gasteiger partial charge in [-0.25, -0.2) is 4.79 Å². The average Bonchev–Trinajstić information content (AvgIpc) is 3.34. The van der Waals surface area contributed by atoms with Crippen molar-refractivity contribution in [3.8, 4) is 0 Å². The maximum atomic E-state index is 12.3. The standard InChI is InChI=1S/C20H20O2/c1-14(2)19(22-20(21)16-11-7-4-8-12-16)18-13-17(18)15-9-5-3-6-10-15/h3-12,17-18H,13H2,1-2H3. The van der Waals surface area contributed by atoms with Crippen LogP contribution in [-0.2, 0) is 4.74 Å². The van der Waals surface area contributed by atoms with Crippen molar-refractivity contribution in [2.24, 2.45) is 5.92 Å². The molecule has 0 bridgehead atoms. The van der Waals surface area contributed by atoms with Crippen LogP contribution in [0, 0.1) is 5.92 Å². The van der Waals surface area contributed by atoms with Crippen molar-refractivity contribution in [1.82, 2.24) is 0 Å². The first-order valence-electron chi connectivity index (χ1n) is 7.66. The molecule has 2 atom stereocenters. The number of esters is 1. The van der Waals surface area contributed by atoms with Crippen LogP contribution in [0.25, 0.3) is 0 Å². The fourth-order valence-electron chi connectivity index (χ4n) is 2.83. The van der Waals surface area contributed by atoms with E-state index in [9.17, 15) is 4.79 Å². The Morgan fingerprint density at radius 1 is 0.955 bits per heavy atom. The summed E-state index contributed by atoms with van der Waals surface area (Å²) in [6, 6.07) is 19.6. The molecule has 0 amide bonds. The Bertz CT molecular complexity index is 682. The second-order valence-electron chi connectivity index (χ2n) is 5.98. The molecule has 2 aromatic carbocycles. The van der Waals surface area contributed by atoms with Gasteiger partial charge < -0.3 is 4.74 Å². The lowest BCUT2D eigenvalue weighted by Crippen LogP contribution is -2.08. The maximum absolute atomic E-state index is 12.3. The fraction of sp³-hybridized carbons (Fsp3) is 0.250. The normalized spacial score (nSPS) is 19.4. The molecule has 2 nitrogen and oxygen atoms in total. The summed E-state index contributed by atoms with van der Waals surface area (Å²) in [5.41, 5.74) is 2.99. The van der Waals surface area contributed by atoms with Gasteiger partial charge in [-0.05, 0) is 49.5 Å². The highest BCUT2D eigenvalue weighted by molar-refractivity contribution is 5.90. The Labute approximate surface area is 131 Å². The van der Waals surface area contributed by atoms with Crippen molar-refractivity contribution in [2.45, 2.75) is 26.2 Å². The van der Waals surface area contributed by atoms with Gasteiger partial charge in [0.05, 0.1) is 5.56 Å². The zero-order chi connectivity index (χ0) is 15.5. The van der Waals surface area contributed by atoms with Crippen LogP contribution in [0.15, 0.2) is 72.0 Å². The Morgan fingerprint density at radius 3 is 2.14 bits per heavy atom. The molecule has 2 unspecified atom stereocenters. The van der Waals surface area contributed by atoms with Crippen LogP contribution < -0.4 is 0 Å². The van der Waals surface area contributed by atoms with Crippen LogP contribution >= 0.6 is 0 Å². The maximum Gasteiger partial charge on any atom is 0.343 e. The van der Waals surface area contributed by atoms with Gasteiger partial charge in [0.2, 0.25) is 0 Å². The summed E-state index contributed by atoms with van der Waals surface area (Å²) >= 11 is 0. The molecule has 1 fully saturated rings. The molecule has 112 valence electrons. The number of rotatable bonds is 4. The highest BCUT2D eigenvalue weighted by Crippen LogP contribution is 2.52. The number of carbonyl (C=O) groups is 1. The van der Waals surface area contributed by atoms with E-state index in [-0.39, 0.29) is 5.97 Å². The van der Waals surface area contributed by atoms with Gasteiger partial charge in [0.25, 0.3) is 0 Å². The first-order chi connectivity index (χ1) is 10.7. The quantitative estimate of drug-likeness (QED) is 0.589. The molecule has 22 heavy (non-hydrogen) atoms. The number of benzene rings is 2. The lowest BCUT2D eigenvalue weighted by atomic mass is 10.1. The number of hydrogen-bond donors (Lipinski definition) is 0. The minimum Gasteiger partial charge on any atom is -0.427 e. The monoisotopic (exact) mass is 292 g/mol. The van der Waals surface area contributed by atoms with Crippen LogP contribution in [0.4, 0.5) is 0 Å². The van der Waals surface area contributed by atoms with Crippen molar-refractivity contribution in [2.75, 3.05) is 0 Å². The minimum atomic E-state index is -0.268. The summed E-state index contributed by atoms with van der Waals surface area (Å²) in [5.74, 6) is 1.35. The summed E-state index contributed by atoms with van der Waals surface area (Å²) in [5, 5.41) is 0. The van der Waals surface area contributed by atoms with Crippen LogP contribution in [0.5, 0.6) is 0 Å². The first kappa shape index (κ1) is 14.6. The molecule has 0 aromatic heterocycles. The summed E-state index contributed by atoms with van der Waals surface area (Å²) in [6.45, 7) is 4.02. The predicted molar refractivity (Wildman–Crippen MR) is 87.5 cm³/mol. The molecule has 0 spiro atoms. The fourth-order valence-corrected chi connectivity index (χ4v) is 2.83. The topological polar surface area (TPSA) is 26.3 Å². The Balaban J connectivity index is 1.74. The summed E-state index contributed by atoms with van der Waals surface area (Å²) < 4.78 is 5.71. The van der Waals surface area contributed by atoms with Crippen LogP contribution in [0.2, 0.25) is 0 Å². The molecule has 0 aliphatic heterocycles. The molecular weight excluding hydrogens is 272 g/mol. The van der Waals surface area contributed by atoms with E-state index in [2.05, 4.69) is 24.3 Å². The largest absolute Gasteiger partial charge is 0.427 e. The second kappa shape index (κ2) is 6.18. The van der Waals surface area contributed by atoms with E-state index in [1.165, 1.54) is 5.56 Å². The second-order valence-corrected chi connectivity index (χ2v) is 5.98. The summed E-state index contributed by atoms with van der Waals surface area (Å²) in [7, 11) is 0. The van der Waals surface area contributed by atoms with E-state index in [0.29, 0.717) is 17.4 Å². The molecule has 0 heterocycles. The third kappa shape index (κ3) is 3.11. The van der Waals surface area contributed by atoms with Crippen molar-refractivity contribution >= 4 is 5.97 Å². The molecule has 0 radical (unpaired) electrons. The third-order valence-corrected chi connectivity index (χ3v) is 4.06. The molecule has 0 N–H and O–H groups in total. The molecule has 2 aromatic rings. The van der Waals surface area contributed by atoms with Gasteiger partial charge >= 0.3 is 5.97 Å². The van der Waals surface area contributed by atoms with E-state index >= 15 is 0 Å². The SMILES string of the molecule is CC(C)=C(OC(=O)c1ccccc1)C1CC1c1ccccc1. The third-order valence-electron chi connectivity index (χ3n) is 4.06. The average molecular weight is 292 g/mol. The van der Waals surface area contributed by atoms with Crippen molar-refractivity contribution in [3.63, 3.8) is 0 Å². The van der Waals surface area contributed by atoms with Crippen molar-refractivity contribution in [1.29, 1.82) is 0 Å². The molecular formula is C20H20O2.